The van der Waals surface area contributed by atoms with E-state index in [4.69, 9.17) is 4.74 Å². The largest absolute Gasteiger partial charge is 0.497 e. The number of carbonyl (C=O) groups is 2. The normalized spacial score (nSPS) is 16.2. The van der Waals surface area contributed by atoms with Crippen molar-refractivity contribution in [3.05, 3.63) is 53.6 Å². The number of aryl methyl sites for hydroxylation is 2. The van der Waals surface area contributed by atoms with Crippen LogP contribution in [0.5, 0.6) is 5.75 Å². The Bertz CT molecular complexity index is 836. The van der Waals surface area contributed by atoms with Gasteiger partial charge in [-0.15, -0.1) is 0 Å². The molecule has 0 saturated carbocycles. The van der Waals surface area contributed by atoms with Crippen LogP contribution in [0.3, 0.4) is 0 Å². The Morgan fingerprint density at radius 3 is 2.72 bits per heavy atom. The molecule has 6 heteroatoms. The fourth-order valence-corrected chi connectivity index (χ4v) is 3.79. The maximum Gasteiger partial charge on any atom is 0.227 e. The van der Waals surface area contributed by atoms with Gasteiger partial charge in [-0.3, -0.25) is 9.59 Å². The molecule has 2 amide bonds. The molecule has 2 N–H and O–H groups in total. The molecule has 1 aliphatic rings. The van der Waals surface area contributed by atoms with Crippen LogP contribution in [0.25, 0.3) is 0 Å². The summed E-state index contributed by atoms with van der Waals surface area (Å²) in [5.41, 5.74) is 4.20. The van der Waals surface area contributed by atoms with Crippen LogP contribution in [0.15, 0.2) is 42.5 Å². The summed E-state index contributed by atoms with van der Waals surface area (Å²) in [5.74, 6) is 0.859. The van der Waals surface area contributed by atoms with Crippen molar-refractivity contribution in [1.29, 1.82) is 0 Å². The number of rotatable bonds is 7. The Morgan fingerprint density at radius 1 is 1.24 bits per heavy atom. The zero-order valence-electron chi connectivity index (χ0n) is 17.1. The number of anilines is 2. The molecule has 0 spiro atoms. The highest BCUT2D eigenvalue weighted by Crippen LogP contribution is 2.30. The molecular weight excluding hydrogens is 366 g/mol. The molecule has 1 unspecified atom stereocenters. The van der Waals surface area contributed by atoms with Crippen LogP contribution >= 0.6 is 0 Å². The third-order valence-corrected chi connectivity index (χ3v) is 5.45. The highest BCUT2D eigenvalue weighted by Gasteiger charge is 2.25. The first-order valence-corrected chi connectivity index (χ1v) is 10.1. The molecule has 3 rings (SSSR count). The zero-order chi connectivity index (χ0) is 20.6. The summed E-state index contributed by atoms with van der Waals surface area (Å²) >= 11 is 0. The summed E-state index contributed by atoms with van der Waals surface area (Å²) in [5, 5.41) is 5.97. The van der Waals surface area contributed by atoms with Crippen molar-refractivity contribution in [3.63, 3.8) is 0 Å². The van der Waals surface area contributed by atoms with Gasteiger partial charge in [0.2, 0.25) is 12.3 Å². The van der Waals surface area contributed by atoms with Gasteiger partial charge in [-0.25, -0.2) is 0 Å². The molecule has 1 heterocycles. The first kappa shape index (κ1) is 20.7. The maximum absolute atomic E-state index is 13.2. The molecule has 0 saturated heterocycles. The number of ether oxygens (including phenoxy) is 1. The fraction of sp³-hybridized carbons (Fsp3) is 0.391. The zero-order valence-corrected chi connectivity index (χ0v) is 17.1. The van der Waals surface area contributed by atoms with Gasteiger partial charge in [0.05, 0.1) is 7.11 Å². The molecule has 1 atom stereocenters. The Balaban J connectivity index is 1.80. The van der Waals surface area contributed by atoms with Crippen LogP contribution in [0, 0.1) is 0 Å². The number of hydrogen-bond donors (Lipinski definition) is 2. The van der Waals surface area contributed by atoms with Crippen LogP contribution < -0.4 is 20.3 Å². The summed E-state index contributed by atoms with van der Waals surface area (Å²) < 4.78 is 5.36. The standard InChI is InChI=1S/C23H29N3O3/c1-24-19-9-6-17(7-10-19)8-13-23(28)26-15-20(25-16-27)5-3-4-18-14-21(29-2)11-12-22(18)26/h6-7,9-12,14,16,20,24H,3-5,8,13,15H2,1-2H3,(H,25,27). The van der Waals surface area contributed by atoms with E-state index in [1.807, 2.05) is 54.4 Å². The van der Waals surface area contributed by atoms with Crippen LogP contribution in [-0.2, 0) is 22.4 Å². The quantitative estimate of drug-likeness (QED) is 0.707. The van der Waals surface area contributed by atoms with Gasteiger partial charge in [0, 0.05) is 37.4 Å². The minimum Gasteiger partial charge on any atom is -0.497 e. The van der Waals surface area contributed by atoms with E-state index < -0.39 is 0 Å². The Hall–Kier alpha value is -3.02. The van der Waals surface area contributed by atoms with Gasteiger partial charge >= 0.3 is 0 Å². The van der Waals surface area contributed by atoms with Gasteiger partial charge in [0.1, 0.15) is 5.75 Å². The molecule has 2 aromatic carbocycles. The van der Waals surface area contributed by atoms with E-state index in [-0.39, 0.29) is 11.9 Å². The first-order valence-electron chi connectivity index (χ1n) is 10.1. The molecule has 2 aromatic rings. The van der Waals surface area contributed by atoms with Gasteiger partial charge in [-0.1, -0.05) is 12.1 Å². The molecule has 29 heavy (non-hydrogen) atoms. The second kappa shape index (κ2) is 9.96. The summed E-state index contributed by atoms with van der Waals surface area (Å²) in [6, 6.07) is 13.9. The molecular formula is C23H29N3O3. The van der Waals surface area contributed by atoms with Gasteiger partial charge in [0.25, 0.3) is 0 Å². The smallest absolute Gasteiger partial charge is 0.227 e. The van der Waals surface area contributed by atoms with Crippen molar-refractivity contribution in [2.75, 3.05) is 30.9 Å². The van der Waals surface area contributed by atoms with Crippen molar-refractivity contribution in [1.82, 2.24) is 5.32 Å². The van der Waals surface area contributed by atoms with Crippen LogP contribution in [0.1, 0.15) is 30.4 Å². The van der Waals surface area contributed by atoms with Crippen molar-refractivity contribution in [2.45, 2.75) is 38.1 Å². The second-order valence-corrected chi connectivity index (χ2v) is 7.32. The van der Waals surface area contributed by atoms with E-state index in [0.717, 1.165) is 53.9 Å². The number of nitrogens with one attached hydrogen (secondary N) is 2. The van der Waals surface area contributed by atoms with Gasteiger partial charge in [-0.05, 0) is 67.1 Å². The molecule has 0 aliphatic carbocycles. The molecule has 6 nitrogen and oxygen atoms in total. The van der Waals surface area contributed by atoms with Gasteiger partial charge in [-0.2, -0.15) is 0 Å². The monoisotopic (exact) mass is 395 g/mol. The lowest BCUT2D eigenvalue weighted by atomic mass is 9.98. The predicted molar refractivity (Wildman–Crippen MR) is 116 cm³/mol. The van der Waals surface area contributed by atoms with E-state index in [1.165, 1.54) is 0 Å². The Morgan fingerprint density at radius 2 is 2.03 bits per heavy atom. The number of benzene rings is 2. The van der Waals surface area contributed by atoms with Crippen molar-refractivity contribution in [2.24, 2.45) is 0 Å². The fourth-order valence-electron chi connectivity index (χ4n) is 3.79. The lowest BCUT2D eigenvalue weighted by Gasteiger charge is -2.32. The summed E-state index contributed by atoms with van der Waals surface area (Å²) in [4.78, 5) is 26.0. The van der Waals surface area contributed by atoms with E-state index >= 15 is 0 Å². The average molecular weight is 396 g/mol. The highest BCUT2D eigenvalue weighted by molar-refractivity contribution is 5.94. The van der Waals surface area contributed by atoms with Crippen molar-refractivity contribution in [3.8, 4) is 5.75 Å². The number of methoxy groups -OCH3 is 1. The molecule has 154 valence electrons. The minimum atomic E-state index is -0.0402. The second-order valence-electron chi connectivity index (χ2n) is 7.32. The summed E-state index contributed by atoms with van der Waals surface area (Å²) in [6.07, 6.45) is 4.46. The SMILES string of the molecule is CNc1ccc(CCC(=O)N2CC(NC=O)CCCc3cc(OC)ccc32)cc1. The predicted octanol–water partition coefficient (Wildman–Crippen LogP) is 3.15. The Labute approximate surface area is 172 Å². The van der Waals surface area contributed by atoms with Crippen LogP contribution in [0.2, 0.25) is 0 Å². The number of nitrogens with zero attached hydrogens (tertiary/aromatic N) is 1. The van der Waals surface area contributed by atoms with Gasteiger partial charge in [0.15, 0.2) is 0 Å². The van der Waals surface area contributed by atoms with E-state index in [9.17, 15) is 9.59 Å². The van der Waals surface area contributed by atoms with Gasteiger partial charge < -0.3 is 20.3 Å². The summed E-state index contributed by atoms with van der Waals surface area (Å²) in [7, 11) is 3.54. The molecule has 0 fully saturated rings. The topological polar surface area (TPSA) is 70.7 Å². The van der Waals surface area contributed by atoms with E-state index in [1.54, 1.807) is 7.11 Å². The summed E-state index contributed by atoms with van der Waals surface area (Å²) in [6.45, 7) is 0.482. The first-order chi connectivity index (χ1) is 14.1. The lowest BCUT2D eigenvalue weighted by Crippen LogP contribution is -2.45. The average Bonchev–Trinajstić information content (AvgIpc) is 2.74. The lowest BCUT2D eigenvalue weighted by molar-refractivity contribution is -0.119. The Kier molecular flexibility index (Phi) is 7.11. The minimum absolute atomic E-state index is 0.0402. The van der Waals surface area contributed by atoms with E-state index in [0.29, 0.717) is 19.4 Å². The van der Waals surface area contributed by atoms with Crippen molar-refractivity contribution < 1.29 is 14.3 Å². The third-order valence-electron chi connectivity index (χ3n) is 5.45. The molecule has 0 bridgehead atoms. The maximum atomic E-state index is 13.2. The number of amides is 2. The number of fused-ring (bicyclic) bond motifs is 1. The molecule has 0 radical (unpaired) electrons. The highest BCUT2D eigenvalue weighted by atomic mass is 16.5. The number of carbonyl (C=O) groups excluding carboxylic acids is 2. The third kappa shape index (κ3) is 5.28. The molecule has 0 aromatic heterocycles. The van der Waals surface area contributed by atoms with Crippen molar-refractivity contribution >= 4 is 23.7 Å². The molecule has 1 aliphatic heterocycles. The van der Waals surface area contributed by atoms with Crippen LogP contribution in [0.4, 0.5) is 11.4 Å². The van der Waals surface area contributed by atoms with E-state index in [2.05, 4.69) is 10.6 Å². The van der Waals surface area contributed by atoms with Crippen LogP contribution in [-0.4, -0.2) is 39.1 Å². The number of hydrogen-bond acceptors (Lipinski definition) is 4.